The van der Waals surface area contributed by atoms with Crippen LogP contribution in [-0.4, -0.2) is 21.3 Å². The molecule has 0 spiro atoms. The lowest BCUT2D eigenvalue weighted by Crippen LogP contribution is -2.32. The highest BCUT2D eigenvalue weighted by Crippen LogP contribution is 2.60. The number of fused-ring (bicyclic) bond motifs is 1. The Bertz CT molecular complexity index is 413. The first kappa shape index (κ1) is 12.2. The Balaban J connectivity index is 1.73. The highest BCUT2D eigenvalue weighted by atomic mass is 15.3. The summed E-state index contributed by atoms with van der Waals surface area (Å²) in [5.74, 6) is 3.68. The third-order valence-corrected chi connectivity index (χ3v) is 4.66. The van der Waals surface area contributed by atoms with Gasteiger partial charge in [-0.25, -0.2) is 9.67 Å². The Kier molecular flexibility index (Phi) is 2.93. The van der Waals surface area contributed by atoms with Crippen LogP contribution in [0.2, 0.25) is 0 Å². The molecule has 2 N–H and O–H groups in total. The van der Waals surface area contributed by atoms with E-state index in [0.29, 0.717) is 11.3 Å². The smallest absolute Gasteiger partial charge is 0.138 e. The van der Waals surface area contributed by atoms with Gasteiger partial charge in [-0.05, 0) is 49.0 Å². The van der Waals surface area contributed by atoms with Crippen LogP contribution >= 0.6 is 0 Å². The lowest BCUT2D eigenvalue weighted by atomic mass is 9.79. The summed E-state index contributed by atoms with van der Waals surface area (Å²) in [6.07, 6.45) is 6.77. The van der Waals surface area contributed by atoms with Gasteiger partial charge in [-0.1, -0.05) is 13.8 Å². The van der Waals surface area contributed by atoms with Crippen LogP contribution in [0.5, 0.6) is 0 Å². The van der Waals surface area contributed by atoms with Crippen molar-refractivity contribution in [2.24, 2.45) is 28.9 Å². The second-order valence-electron chi connectivity index (χ2n) is 6.80. The Morgan fingerprint density at radius 1 is 1.44 bits per heavy atom. The van der Waals surface area contributed by atoms with Crippen LogP contribution < -0.4 is 5.73 Å². The van der Waals surface area contributed by atoms with Crippen molar-refractivity contribution in [3.05, 3.63) is 12.2 Å². The molecule has 2 saturated carbocycles. The molecule has 2 atom stereocenters. The van der Waals surface area contributed by atoms with Crippen LogP contribution in [0.25, 0.3) is 0 Å². The molecule has 4 heteroatoms. The number of hydrogen-bond acceptors (Lipinski definition) is 3. The predicted octanol–water partition coefficient (Wildman–Crippen LogP) is 1.85. The van der Waals surface area contributed by atoms with Crippen LogP contribution in [0.3, 0.4) is 0 Å². The van der Waals surface area contributed by atoms with Gasteiger partial charge in [0.05, 0.1) is 0 Å². The van der Waals surface area contributed by atoms with Gasteiger partial charge < -0.3 is 5.73 Å². The maximum Gasteiger partial charge on any atom is 0.138 e. The number of hydrogen-bond donors (Lipinski definition) is 1. The first-order valence-corrected chi connectivity index (χ1v) is 7.19. The van der Waals surface area contributed by atoms with Crippen molar-refractivity contribution in [3.63, 3.8) is 0 Å². The Hall–Kier alpha value is -0.900. The highest BCUT2D eigenvalue weighted by molar-refractivity contribution is 5.07. The number of rotatable bonds is 5. The van der Waals surface area contributed by atoms with Gasteiger partial charge in [0, 0.05) is 13.0 Å². The molecule has 0 aliphatic heterocycles. The van der Waals surface area contributed by atoms with Crippen LogP contribution in [0, 0.1) is 23.2 Å². The lowest BCUT2D eigenvalue weighted by molar-refractivity contribution is 0.260. The minimum absolute atomic E-state index is 0.315. The molecular formula is C14H24N4. The lowest BCUT2D eigenvalue weighted by Gasteiger charge is -2.29. The molecule has 2 aliphatic carbocycles. The number of aromatic nitrogens is 3. The third-order valence-electron chi connectivity index (χ3n) is 4.66. The summed E-state index contributed by atoms with van der Waals surface area (Å²) < 4.78 is 2.08. The van der Waals surface area contributed by atoms with Gasteiger partial charge >= 0.3 is 0 Å². The summed E-state index contributed by atoms with van der Waals surface area (Å²) in [4.78, 5) is 4.46. The zero-order valence-electron chi connectivity index (χ0n) is 11.5. The van der Waals surface area contributed by atoms with E-state index in [1.54, 1.807) is 6.33 Å². The van der Waals surface area contributed by atoms with E-state index in [2.05, 4.69) is 28.6 Å². The average Bonchev–Trinajstić information content (AvgIpc) is 2.73. The summed E-state index contributed by atoms with van der Waals surface area (Å²) in [6, 6.07) is 0. The quantitative estimate of drug-likeness (QED) is 0.865. The Morgan fingerprint density at radius 3 is 2.78 bits per heavy atom. The van der Waals surface area contributed by atoms with Gasteiger partial charge in [0.2, 0.25) is 0 Å². The SMILES string of the molecule is CC(C)Cn1ncnc1CC1(CN)CC2CC2C1. The molecule has 18 heavy (non-hydrogen) atoms. The first-order valence-electron chi connectivity index (χ1n) is 7.19. The van der Waals surface area contributed by atoms with Gasteiger partial charge in [0.15, 0.2) is 0 Å². The molecule has 0 amide bonds. The summed E-state index contributed by atoms with van der Waals surface area (Å²) in [5.41, 5.74) is 6.38. The number of nitrogens with zero attached hydrogens (tertiary/aromatic N) is 3. The van der Waals surface area contributed by atoms with E-state index in [1.165, 1.54) is 19.3 Å². The van der Waals surface area contributed by atoms with Crippen LogP contribution in [0.1, 0.15) is 38.9 Å². The van der Waals surface area contributed by atoms with E-state index in [0.717, 1.165) is 37.2 Å². The normalized spacial score (nSPS) is 34.0. The van der Waals surface area contributed by atoms with Gasteiger partial charge in [-0.2, -0.15) is 5.10 Å². The molecule has 1 aromatic rings. The van der Waals surface area contributed by atoms with Gasteiger partial charge in [-0.3, -0.25) is 0 Å². The molecular weight excluding hydrogens is 224 g/mol. The fourth-order valence-electron chi connectivity index (χ4n) is 3.65. The molecule has 2 fully saturated rings. The Labute approximate surface area is 109 Å². The molecule has 0 bridgehead atoms. The molecule has 2 unspecified atom stereocenters. The zero-order chi connectivity index (χ0) is 12.8. The van der Waals surface area contributed by atoms with Crippen molar-refractivity contribution in [2.75, 3.05) is 6.54 Å². The molecule has 1 aromatic heterocycles. The molecule has 100 valence electrons. The van der Waals surface area contributed by atoms with E-state index < -0.39 is 0 Å². The second kappa shape index (κ2) is 4.34. The van der Waals surface area contributed by atoms with Crippen LogP contribution in [-0.2, 0) is 13.0 Å². The summed E-state index contributed by atoms with van der Waals surface area (Å²) >= 11 is 0. The molecule has 0 saturated heterocycles. The van der Waals surface area contributed by atoms with Gasteiger partial charge in [0.25, 0.3) is 0 Å². The molecule has 2 aliphatic rings. The molecule has 4 nitrogen and oxygen atoms in total. The van der Waals surface area contributed by atoms with E-state index in [1.807, 2.05) is 0 Å². The zero-order valence-corrected chi connectivity index (χ0v) is 11.5. The Morgan fingerprint density at radius 2 is 2.17 bits per heavy atom. The predicted molar refractivity (Wildman–Crippen MR) is 70.9 cm³/mol. The summed E-state index contributed by atoms with van der Waals surface area (Å²) in [6.45, 7) is 6.20. The fraction of sp³-hybridized carbons (Fsp3) is 0.857. The fourth-order valence-corrected chi connectivity index (χ4v) is 3.65. The van der Waals surface area contributed by atoms with E-state index in [4.69, 9.17) is 5.73 Å². The van der Waals surface area contributed by atoms with Crippen molar-refractivity contribution in [3.8, 4) is 0 Å². The minimum atomic E-state index is 0.315. The monoisotopic (exact) mass is 248 g/mol. The molecule has 0 radical (unpaired) electrons. The highest BCUT2D eigenvalue weighted by Gasteiger charge is 2.53. The standard InChI is InChI=1S/C14H24N4/c1-10(2)7-18-13(16-9-17-18)6-14(8-15)4-11-3-12(11)5-14/h9-12H,3-8,15H2,1-2H3. The molecule has 1 heterocycles. The van der Waals surface area contributed by atoms with E-state index in [9.17, 15) is 0 Å². The van der Waals surface area contributed by atoms with E-state index in [-0.39, 0.29) is 0 Å². The van der Waals surface area contributed by atoms with Crippen molar-refractivity contribution >= 4 is 0 Å². The van der Waals surface area contributed by atoms with Crippen LogP contribution in [0.15, 0.2) is 6.33 Å². The summed E-state index contributed by atoms with van der Waals surface area (Å²) in [5, 5.41) is 4.36. The van der Waals surface area contributed by atoms with Crippen molar-refractivity contribution in [1.82, 2.24) is 14.8 Å². The summed E-state index contributed by atoms with van der Waals surface area (Å²) in [7, 11) is 0. The van der Waals surface area contributed by atoms with Gasteiger partial charge in [0.1, 0.15) is 12.2 Å². The molecule has 0 aromatic carbocycles. The first-order chi connectivity index (χ1) is 8.62. The van der Waals surface area contributed by atoms with Crippen LogP contribution in [0.4, 0.5) is 0 Å². The third kappa shape index (κ3) is 2.18. The van der Waals surface area contributed by atoms with Gasteiger partial charge in [-0.15, -0.1) is 0 Å². The minimum Gasteiger partial charge on any atom is -0.330 e. The molecule has 3 rings (SSSR count). The van der Waals surface area contributed by atoms with E-state index >= 15 is 0 Å². The second-order valence-corrected chi connectivity index (χ2v) is 6.80. The van der Waals surface area contributed by atoms with Crippen molar-refractivity contribution in [2.45, 2.75) is 46.1 Å². The van der Waals surface area contributed by atoms with Crippen molar-refractivity contribution < 1.29 is 0 Å². The largest absolute Gasteiger partial charge is 0.330 e. The topological polar surface area (TPSA) is 56.7 Å². The van der Waals surface area contributed by atoms with Crippen molar-refractivity contribution in [1.29, 1.82) is 0 Å². The average molecular weight is 248 g/mol. The number of nitrogens with two attached hydrogens (primary N) is 1. The maximum absolute atomic E-state index is 6.06. The maximum atomic E-state index is 6.06.